The first kappa shape index (κ1) is 14.5. The number of ether oxygens (including phenoxy) is 2. The summed E-state index contributed by atoms with van der Waals surface area (Å²) in [6.07, 6.45) is 1.42. The lowest BCUT2D eigenvalue weighted by Gasteiger charge is -2.05. The van der Waals surface area contributed by atoms with Crippen molar-refractivity contribution < 1.29 is 19.1 Å². The summed E-state index contributed by atoms with van der Waals surface area (Å²) in [6.45, 7) is 4.18. The van der Waals surface area contributed by atoms with Gasteiger partial charge in [-0.25, -0.2) is 0 Å². The largest absolute Gasteiger partial charge is 0.465 e. The van der Waals surface area contributed by atoms with Gasteiger partial charge in [-0.3, -0.25) is 14.2 Å². The van der Waals surface area contributed by atoms with E-state index >= 15 is 0 Å². The molecule has 0 fully saturated rings. The Balaban J connectivity index is 2.49. The summed E-state index contributed by atoms with van der Waals surface area (Å²) in [4.78, 5) is 22.5. The number of thioether (sulfide) groups is 1. The summed E-state index contributed by atoms with van der Waals surface area (Å²) in [6, 6.07) is 0. The van der Waals surface area contributed by atoms with Crippen molar-refractivity contribution >= 4 is 23.7 Å². The molecule has 0 radical (unpaired) electrons. The highest BCUT2D eigenvalue weighted by atomic mass is 32.2. The molecule has 0 spiro atoms. The van der Waals surface area contributed by atoms with Crippen LogP contribution in [-0.4, -0.2) is 45.7 Å². The van der Waals surface area contributed by atoms with E-state index in [0.717, 1.165) is 0 Å². The monoisotopic (exact) mass is 273 g/mol. The topological polar surface area (TPSA) is 83.3 Å². The van der Waals surface area contributed by atoms with Gasteiger partial charge in [-0.05, 0) is 13.8 Å². The van der Waals surface area contributed by atoms with Crippen LogP contribution >= 0.6 is 11.8 Å². The van der Waals surface area contributed by atoms with Crippen molar-refractivity contribution in [2.24, 2.45) is 0 Å². The van der Waals surface area contributed by atoms with Crippen LogP contribution in [0.1, 0.15) is 13.8 Å². The maximum atomic E-state index is 11.3. The molecular formula is C10H15N3O4S. The molecule has 7 nitrogen and oxygen atoms in total. The van der Waals surface area contributed by atoms with Gasteiger partial charge in [0.25, 0.3) is 0 Å². The van der Waals surface area contributed by atoms with Crippen LogP contribution < -0.4 is 0 Å². The Bertz CT molecular complexity index is 408. The average molecular weight is 273 g/mol. The van der Waals surface area contributed by atoms with Crippen molar-refractivity contribution in [3.05, 3.63) is 6.33 Å². The first-order valence-electron chi connectivity index (χ1n) is 5.49. The van der Waals surface area contributed by atoms with E-state index in [2.05, 4.69) is 10.2 Å². The van der Waals surface area contributed by atoms with Crippen molar-refractivity contribution in [3.8, 4) is 0 Å². The van der Waals surface area contributed by atoms with E-state index in [9.17, 15) is 9.59 Å². The maximum absolute atomic E-state index is 11.3. The number of nitrogens with zero attached hydrogens (tertiary/aromatic N) is 3. The molecule has 1 rings (SSSR count). The fourth-order valence-electron chi connectivity index (χ4n) is 1.14. The summed E-state index contributed by atoms with van der Waals surface area (Å²) >= 11 is 1.17. The number of carbonyl (C=O) groups excluding carboxylic acids is 2. The predicted octanol–water partition coefficient (Wildman–Crippen LogP) is 0.496. The molecule has 0 unspecified atom stereocenters. The van der Waals surface area contributed by atoms with Crippen LogP contribution in [0.3, 0.4) is 0 Å². The molecule has 8 heteroatoms. The predicted molar refractivity (Wildman–Crippen MR) is 64.0 cm³/mol. The second-order valence-electron chi connectivity index (χ2n) is 3.14. The zero-order valence-corrected chi connectivity index (χ0v) is 11.1. The Morgan fingerprint density at radius 2 is 1.94 bits per heavy atom. The number of esters is 2. The molecule has 1 heterocycles. The highest BCUT2D eigenvalue weighted by Crippen LogP contribution is 2.14. The van der Waals surface area contributed by atoms with Gasteiger partial charge in [0.05, 0.1) is 19.0 Å². The summed E-state index contributed by atoms with van der Waals surface area (Å²) in [5.41, 5.74) is 0. The standard InChI is InChI=1S/C10H15N3O4S/c1-3-16-8(14)5-13-7-11-12-10(13)18-6-9(15)17-4-2/h7H,3-6H2,1-2H3. The van der Waals surface area contributed by atoms with E-state index in [1.54, 1.807) is 13.8 Å². The van der Waals surface area contributed by atoms with Gasteiger partial charge in [0.1, 0.15) is 12.9 Å². The molecule has 1 aromatic heterocycles. The molecule has 1 aromatic rings. The number of hydrogen-bond acceptors (Lipinski definition) is 7. The van der Waals surface area contributed by atoms with E-state index in [0.29, 0.717) is 18.4 Å². The molecule has 0 aliphatic carbocycles. The van der Waals surface area contributed by atoms with Crippen LogP contribution in [0.5, 0.6) is 0 Å². The molecule has 0 aliphatic heterocycles. The zero-order chi connectivity index (χ0) is 13.4. The lowest BCUT2D eigenvalue weighted by Crippen LogP contribution is -2.14. The number of aromatic nitrogens is 3. The lowest BCUT2D eigenvalue weighted by molar-refractivity contribution is -0.144. The normalized spacial score (nSPS) is 10.1. The molecule has 100 valence electrons. The first-order chi connectivity index (χ1) is 8.67. The van der Waals surface area contributed by atoms with Gasteiger partial charge in [-0.2, -0.15) is 0 Å². The summed E-state index contributed by atoms with van der Waals surface area (Å²) in [5, 5.41) is 8.00. The van der Waals surface area contributed by atoms with Gasteiger partial charge in [0.2, 0.25) is 0 Å². The van der Waals surface area contributed by atoms with Crippen LogP contribution in [0.15, 0.2) is 11.5 Å². The van der Waals surface area contributed by atoms with Crippen LogP contribution in [0, 0.1) is 0 Å². The quantitative estimate of drug-likeness (QED) is 0.528. The van der Waals surface area contributed by atoms with Crippen LogP contribution in [0.2, 0.25) is 0 Å². The Hall–Kier alpha value is -1.57. The highest BCUT2D eigenvalue weighted by molar-refractivity contribution is 7.99. The minimum absolute atomic E-state index is 0.0337. The van der Waals surface area contributed by atoms with Gasteiger partial charge in [0, 0.05) is 0 Å². The third-order valence-corrected chi connectivity index (χ3v) is 2.76. The zero-order valence-electron chi connectivity index (χ0n) is 10.3. The molecule has 0 aromatic carbocycles. The molecule has 0 N–H and O–H groups in total. The minimum atomic E-state index is -0.365. The summed E-state index contributed by atoms with van der Waals surface area (Å²) in [7, 11) is 0. The molecule has 0 atom stereocenters. The third kappa shape index (κ3) is 4.74. The Morgan fingerprint density at radius 1 is 1.28 bits per heavy atom. The Kier molecular flexibility index (Phi) is 6.20. The second kappa shape index (κ2) is 7.70. The summed E-state index contributed by atoms with van der Waals surface area (Å²) in [5.74, 6) is -0.557. The van der Waals surface area contributed by atoms with E-state index in [1.807, 2.05) is 0 Å². The number of carbonyl (C=O) groups is 2. The SMILES string of the molecule is CCOC(=O)CSc1nncn1CC(=O)OCC. The molecule has 0 amide bonds. The van der Waals surface area contributed by atoms with Crippen molar-refractivity contribution in [3.63, 3.8) is 0 Å². The highest BCUT2D eigenvalue weighted by Gasteiger charge is 2.12. The van der Waals surface area contributed by atoms with E-state index in [-0.39, 0.29) is 24.2 Å². The Morgan fingerprint density at radius 3 is 2.61 bits per heavy atom. The lowest BCUT2D eigenvalue weighted by atomic mass is 10.6. The van der Waals surface area contributed by atoms with Crippen molar-refractivity contribution in [1.29, 1.82) is 0 Å². The molecule has 0 saturated carbocycles. The molecule has 0 saturated heterocycles. The third-order valence-electron chi connectivity index (χ3n) is 1.81. The van der Waals surface area contributed by atoms with Crippen LogP contribution in [0.4, 0.5) is 0 Å². The van der Waals surface area contributed by atoms with Gasteiger partial charge in [-0.1, -0.05) is 11.8 Å². The van der Waals surface area contributed by atoms with Crippen molar-refractivity contribution in [1.82, 2.24) is 14.8 Å². The van der Waals surface area contributed by atoms with E-state index < -0.39 is 0 Å². The number of hydrogen-bond donors (Lipinski definition) is 0. The smallest absolute Gasteiger partial charge is 0.326 e. The molecule has 18 heavy (non-hydrogen) atoms. The van der Waals surface area contributed by atoms with Gasteiger partial charge in [0.15, 0.2) is 5.16 Å². The van der Waals surface area contributed by atoms with E-state index in [4.69, 9.17) is 9.47 Å². The van der Waals surface area contributed by atoms with Crippen LogP contribution in [0.25, 0.3) is 0 Å². The minimum Gasteiger partial charge on any atom is -0.465 e. The van der Waals surface area contributed by atoms with Crippen molar-refractivity contribution in [2.45, 2.75) is 25.5 Å². The van der Waals surface area contributed by atoms with Gasteiger partial charge < -0.3 is 9.47 Å². The molecule has 0 bridgehead atoms. The van der Waals surface area contributed by atoms with Gasteiger partial charge >= 0.3 is 11.9 Å². The fourth-order valence-corrected chi connectivity index (χ4v) is 1.85. The average Bonchev–Trinajstić information content (AvgIpc) is 2.74. The molecular weight excluding hydrogens is 258 g/mol. The van der Waals surface area contributed by atoms with Crippen molar-refractivity contribution in [2.75, 3.05) is 19.0 Å². The first-order valence-corrected chi connectivity index (χ1v) is 6.47. The van der Waals surface area contributed by atoms with Gasteiger partial charge in [-0.15, -0.1) is 10.2 Å². The number of rotatable bonds is 7. The second-order valence-corrected chi connectivity index (χ2v) is 4.08. The summed E-state index contributed by atoms with van der Waals surface area (Å²) < 4.78 is 11.1. The van der Waals surface area contributed by atoms with Crippen LogP contribution in [-0.2, 0) is 25.6 Å². The Labute approximate surface area is 109 Å². The fraction of sp³-hybridized carbons (Fsp3) is 0.600. The maximum Gasteiger partial charge on any atom is 0.326 e. The van der Waals surface area contributed by atoms with E-state index in [1.165, 1.54) is 22.7 Å². The molecule has 0 aliphatic rings.